The lowest BCUT2D eigenvalue weighted by atomic mass is 10.0. The van der Waals surface area contributed by atoms with E-state index in [1.54, 1.807) is 0 Å². The Kier molecular flexibility index (Phi) is 4.47. The Morgan fingerprint density at radius 1 is 1.10 bits per heavy atom. The van der Waals surface area contributed by atoms with Gasteiger partial charge in [-0.3, -0.25) is 4.79 Å². The second kappa shape index (κ2) is 7.30. The van der Waals surface area contributed by atoms with Crippen LogP contribution in [0.5, 0.6) is 11.5 Å². The van der Waals surface area contributed by atoms with Crippen LogP contribution in [-0.2, 0) is 16.0 Å². The molecule has 0 radical (unpaired) electrons. The number of carbonyl (C=O) groups is 2. The van der Waals surface area contributed by atoms with E-state index in [0.717, 1.165) is 51.2 Å². The van der Waals surface area contributed by atoms with Crippen molar-refractivity contribution in [2.75, 3.05) is 13.4 Å². The summed E-state index contributed by atoms with van der Waals surface area (Å²) >= 11 is 0. The molecule has 1 aromatic heterocycles. The molecule has 0 fully saturated rings. The fourth-order valence-corrected chi connectivity index (χ4v) is 3.96. The highest BCUT2D eigenvalue weighted by atomic mass is 16.7. The average Bonchev–Trinajstić information content (AvgIpc) is 3.37. The maximum Gasteiger partial charge on any atom is 0.339 e. The molecule has 5 rings (SSSR count). The fourth-order valence-electron chi connectivity index (χ4n) is 3.96. The molecule has 1 aliphatic carbocycles. The van der Waals surface area contributed by atoms with Crippen LogP contribution in [0.4, 0.5) is 0 Å². The van der Waals surface area contributed by atoms with Crippen molar-refractivity contribution in [2.24, 2.45) is 0 Å². The third kappa shape index (κ3) is 3.20. The van der Waals surface area contributed by atoms with Crippen LogP contribution in [0.2, 0.25) is 0 Å². The monoisotopic (exact) mass is 401 g/mol. The van der Waals surface area contributed by atoms with Crippen molar-refractivity contribution in [1.29, 1.82) is 0 Å². The van der Waals surface area contributed by atoms with Gasteiger partial charge in [0, 0.05) is 5.39 Å². The smallest absolute Gasteiger partial charge is 0.339 e. The quantitative estimate of drug-likeness (QED) is 0.610. The Morgan fingerprint density at radius 2 is 1.93 bits per heavy atom. The number of aromatic nitrogens is 1. The Bertz CT molecular complexity index is 1230. The molecule has 6 nitrogen and oxygen atoms in total. The maximum absolute atomic E-state index is 12.9. The minimum Gasteiger partial charge on any atom is -0.454 e. The normalized spacial score (nSPS) is 15.4. The van der Waals surface area contributed by atoms with Gasteiger partial charge in [-0.1, -0.05) is 24.3 Å². The van der Waals surface area contributed by atoms with Gasteiger partial charge in [-0.25, -0.2) is 9.78 Å². The first kappa shape index (κ1) is 18.4. The fraction of sp³-hybridized carbons (Fsp3) is 0.208. The van der Waals surface area contributed by atoms with Gasteiger partial charge < -0.3 is 14.2 Å². The van der Waals surface area contributed by atoms with Crippen LogP contribution >= 0.6 is 0 Å². The number of rotatable bonds is 4. The molecule has 0 atom stereocenters. The zero-order chi connectivity index (χ0) is 20.7. The number of benzene rings is 2. The van der Waals surface area contributed by atoms with Crippen molar-refractivity contribution in [3.05, 3.63) is 64.8 Å². The Labute approximate surface area is 173 Å². The number of pyridine rings is 1. The van der Waals surface area contributed by atoms with Gasteiger partial charge in [-0.05, 0) is 60.7 Å². The molecule has 2 aliphatic rings. The number of para-hydroxylation sites is 1. The van der Waals surface area contributed by atoms with E-state index < -0.39 is 5.97 Å². The van der Waals surface area contributed by atoms with Gasteiger partial charge >= 0.3 is 5.97 Å². The second-order valence-electron chi connectivity index (χ2n) is 7.39. The highest BCUT2D eigenvalue weighted by Crippen LogP contribution is 2.39. The average molecular weight is 401 g/mol. The summed E-state index contributed by atoms with van der Waals surface area (Å²) in [4.78, 5) is 29.0. The Balaban J connectivity index is 1.60. The van der Waals surface area contributed by atoms with Crippen molar-refractivity contribution in [1.82, 2.24) is 4.98 Å². The van der Waals surface area contributed by atoms with Gasteiger partial charge in [0.1, 0.15) is 6.61 Å². The molecular formula is C24H19NO5. The lowest BCUT2D eigenvalue weighted by molar-refractivity contribution is -0.120. The minimum absolute atomic E-state index is 0.193. The predicted octanol–water partition coefficient (Wildman–Crippen LogP) is 4.20. The molecule has 1 aliphatic heterocycles. The molecule has 0 saturated carbocycles. The van der Waals surface area contributed by atoms with Crippen LogP contribution in [0.15, 0.2) is 42.5 Å². The molecule has 0 N–H and O–H groups in total. The number of carbonyl (C=O) groups excluding carboxylic acids is 2. The van der Waals surface area contributed by atoms with Gasteiger partial charge in [0.2, 0.25) is 6.79 Å². The Hall–Kier alpha value is -3.67. The van der Waals surface area contributed by atoms with Gasteiger partial charge in [-0.15, -0.1) is 0 Å². The van der Waals surface area contributed by atoms with Gasteiger partial charge in [0.15, 0.2) is 17.3 Å². The summed E-state index contributed by atoms with van der Waals surface area (Å²) in [5, 5.41) is 0.745. The largest absolute Gasteiger partial charge is 0.454 e. The van der Waals surface area contributed by atoms with Crippen molar-refractivity contribution in [2.45, 2.75) is 19.8 Å². The molecule has 2 aromatic carbocycles. The molecule has 3 aromatic rings. The lowest BCUT2D eigenvalue weighted by Gasteiger charge is -2.12. The van der Waals surface area contributed by atoms with Crippen molar-refractivity contribution in [3.63, 3.8) is 0 Å². The highest BCUT2D eigenvalue weighted by molar-refractivity contribution is 6.07. The summed E-state index contributed by atoms with van der Waals surface area (Å²) in [7, 11) is 0. The third-order valence-electron chi connectivity index (χ3n) is 5.29. The standard InChI is InChI=1S/C24H19NO5/c1-14(26)12-28-24(27)22-17-4-2-3-5-19(17)25-23-16(7-8-18(22)23)10-15-6-9-20-21(11-15)30-13-29-20/h2-6,9-11H,7-8,12-13H2,1H3. The van der Waals surface area contributed by atoms with Gasteiger partial charge in [0.25, 0.3) is 0 Å². The number of fused-ring (bicyclic) bond motifs is 3. The summed E-state index contributed by atoms with van der Waals surface area (Å²) in [6.45, 7) is 1.40. The number of nitrogens with zero attached hydrogens (tertiary/aromatic N) is 1. The molecular weight excluding hydrogens is 382 g/mol. The predicted molar refractivity (Wildman–Crippen MR) is 111 cm³/mol. The molecule has 30 heavy (non-hydrogen) atoms. The molecule has 0 saturated heterocycles. The van der Waals surface area contributed by atoms with Gasteiger partial charge in [0.05, 0.1) is 16.8 Å². The van der Waals surface area contributed by atoms with Crippen molar-refractivity contribution >= 4 is 34.3 Å². The van der Waals surface area contributed by atoms with Crippen molar-refractivity contribution < 1.29 is 23.8 Å². The van der Waals surface area contributed by atoms with E-state index in [0.29, 0.717) is 12.0 Å². The first-order chi connectivity index (χ1) is 14.6. The first-order valence-corrected chi connectivity index (χ1v) is 9.79. The zero-order valence-electron chi connectivity index (χ0n) is 16.4. The third-order valence-corrected chi connectivity index (χ3v) is 5.29. The molecule has 150 valence electrons. The molecule has 0 amide bonds. The van der Waals surface area contributed by atoms with Crippen LogP contribution in [0.1, 0.15) is 40.5 Å². The number of hydrogen-bond acceptors (Lipinski definition) is 6. The van der Waals surface area contributed by atoms with Crippen LogP contribution in [0.3, 0.4) is 0 Å². The van der Waals surface area contributed by atoms with E-state index in [1.807, 2.05) is 42.5 Å². The summed E-state index contributed by atoms with van der Waals surface area (Å²) < 4.78 is 16.1. The Morgan fingerprint density at radius 3 is 2.80 bits per heavy atom. The van der Waals surface area contributed by atoms with E-state index >= 15 is 0 Å². The molecule has 6 heteroatoms. The molecule has 0 bridgehead atoms. The van der Waals surface area contributed by atoms with Crippen molar-refractivity contribution in [3.8, 4) is 11.5 Å². The number of Topliss-reactive ketones (excluding diaryl/α,β-unsaturated/α-hetero) is 1. The van der Waals surface area contributed by atoms with E-state index in [1.165, 1.54) is 6.92 Å². The molecule has 0 unspecified atom stereocenters. The molecule has 0 spiro atoms. The lowest BCUT2D eigenvalue weighted by Crippen LogP contribution is -2.14. The van der Waals surface area contributed by atoms with Crippen LogP contribution < -0.4 is 9.47 Å². The first-order valence-electron chi connectivity index (χ1n) is 9.79. The molecule has 2 heterocycles. The van der Waals surface area contributed by atoms with Crippen LogP contribution in [-0.4, -0.2) is 30.1 Å². The highest BCUT2D eigenvalue weighted by Gasteiger charge is 2.28. The van der Waals surface area contributed by atoms with Crippen LogP contribution in [0.25, 0.3) is 22.6 Å². The topological polar surface area (TPSA) is 74.7 Å². The van der Waals surface area contributed by atoms with Gasteiger partial charge in [-0.2, -0.15) is 0 Å². The number of ketones is 1. The van der Waals surface area contributed by atoms with E-state index in [4.69, 9.17) is 19.2 Å². The van der Waals surface area contributed by atoms with E-state index in [-0.39, 0.29) is 19.2 Å². The van der Waals surface area contributed by atoms with E-state index in [2.05, 4.69) is 6.08 Å². The SMILES string of the molecule is CC(=O)COC(=O)c1c2c(nc3ccccc13)C(=Cc1ccc3c(c1)OCO3)CC2. The second-order valence-corrected chi connectivity index (χ2v) is 7.39. The summed E-state index contributed by atoms with van der Waals surface area (Å²) in [6, 6.07) is 13.3. The minimum atomic E-state index is -0.482. The number of hydrogen-bond donors (Lipinski definition) is 0. The summed E-state index contributed by atoms with van der Waals surface area (Å²) in [5.74, 6) is 0.789. The number of allylic oxidation sites excluding steroid dienone is 1. The summed E-state index contributed by atoms with van der Waals surface area (Å²) in [5.41, 5.74) is 4.94. The van der Waals surface area contributed by atoms with E-state index in [9.17, 15) is 9.59 Å². The summed E-state index contributed by atoms with van der Waals surface area (Å²) in [6.07, 6.45) is 3.52. The number of esters is 1. The maximum atomic E-state index is 12.9. The number of ether oxygens (including phenoxy) is 3. The van der Waals surface area contributed by atoms with Crippen LogP contribution in [0, 0.1) is 0 Å². The zero-order valence-corrected chi connectivity index (χ0v) is 16.4.